The van der Waals surface area contributed by atoms with E-state index in [4.69, 9.17) is 28.7 Å². The van der Waals surface area contributed by atoms with E-state index < -0.39 is 11.7 Å². The maximum atomic E-state index is 14.2. The molecule has 0 saturated carbocycles. The maximum absolute atomic E-state index is 14.2. The van der Waals surface area contributed by atoms with Crippen LogP contribution in [-0.2, 0) is 22.4 Å². The number of Topliss-reactive ketones (excluding diaryl/α,β-unsaturated/α-hetero) is 1. The van der Waals surface area contributed by atoms with Crippen LogP contribution in [0.25, 0.3) is 11.0 Å². The number of imidazole rings is 1. The van der Waals surface area contributed by atoms with E-state index in [1.54, 1.807) is 37.6 Å². The van der Waals surface area contributed by atoms with Crippen molar-refractivity contribution in [2.75, 3.05) is 54.1 Å². The molecule has 2 unspecified atom stereocenters. The molecule has 2 atom stereocenters. The predicted octanol–water partition coefficient (Wildman–Crippen LogP) is 7.52. The predicted molar refractivity (Wildman–Crippen MR) is 217 cm³/mol. The largest absolute Gasteiger partial charge is 0.493 e. The normalized spacial score (nSPS) is 19.8. The second kappa shape index (κ2) is 16.9. The van der Waals surface area contributed by atoms with Gasteiger partial charge in [-0.15, -0.1) is 0 Å². The molecule has 1 amide bonds. The second-order valence-corrected chi connectivity index (χ2v) is 15.4. The van der Waals surface area contributed by atoms with Crippen molar-refractivity contribution < 1.29 is 37.7 Å². The van der Waals surface area contributed by atoms with E-state index in [1.165, 1.54) is 26.4 Å². The number of likely N-dealkylation sites (tertiary alicyclic amines) is 2. The van der Waals surface area contributed by atoms with Gasteiger partial charge in [0.2, 0.25) is 17.8 Å². The van der Waals surface area contributed by atoms with Gasteiger partial charge in [0.05, 0.1) is 43.3 Å². The molecule has 1 aromatic heterocycles. The fraction of sp³-hybridized carbons (Fsp3) is 0.370. The van der Waals surface area contributed by atoms with Gasteiger partial charge in [0.25, 0.3) is 5.91 Å². The highest BCUT2D eigenvalue weighted by atomic mass is 19.1. The number of carbonyl (C=O) groups excluding carboxylic acids is 2. The van der Waals surface area contributed by atoms with Crippen LogP contribution in [0.4, 0.5) is 4.39 Å². The molecule has 11 nitrogen and oxygen atoms in total. The van der Waals surface area contributed by atoms with Gasteiger partial charge < -0.3 is 38.1 Å². The maximum Gasteiger partial charge on any atom is 0.257 e. The molecule has 8 rings (SSSR count). The topological polar surface area (TPSA) is 105 Å². The van der Waals surface area contributed by atoms with Crippen molar-refractivity contribution >= 4 is 22.7 Å². The van der Waals surface area contributed by atoms with E-state index >= 15 is 0 Å². The third-order valence-electron chi connectivity index (χ3n) is 11.9. The zero-order valence-electron chi connectivity index (χ0n) is 33.2. The molecule has 0 N–H and O–H groups in total. The fourth-order valence-corrected chi connectivity index (χ4v) is 8.66. The van der Waals surface area contributed by atoms with Crippen molar-refractivity contribution in [3.05, 3.63) is 131 Å². The minimum absolute atomic E-state index is 0.0380. The zero-order valence-corrected chi connectivity index (χ0v) is 33.2. The minimum atomic E-state index is -0.483. The Bertz CT molecular complexity index is 2290. The summed E-state index contributed by atoms with van der Waals surface area (Å²) in [6.45, 7) is 3.66. The molecule has 4 aromatic carbocycles. The van der Waals surface area contributed by atoms with Crippen LogP contribution in [0, 0.1) is 17.2 Å². The van der Waals surface area contributed by atoms with Crippen molar-refractivity contribution in [3.8, 4) is 17.2 Å². The second-order valence-electron chi connectivity index (χ2n) is 15.4. The smallest absolute Gasteiger partial charge is 0.257 e. The van der Waals surface area contributed by atoms with Gasteiger partial charge in [-0.2, -0.15) is 0 Å². The average Bonchev–Trinajstić information content (AvgIpc) is 4.02. The molecule has 0 spiro atoms. The molecule has 3 aliphatic rings. The Morgan fingerprint density at radius 3 is 2.33 bits per heavy atom. The Balaban J connectivity index is 0.968. The summed E-state index contributed by atoms with van der Waals surface area (Å²) < 4.78 is 45.1. The quantitative estimate of drug-likeness (QED) is 0.106. The lowest BCUT2D eigenvalue weighted by molar-refractivity contribution is -0.0453. The van der Waals surface area contributed by atoms with Crippen molar-refractivity contribution in [3.63, 3.8) is 0 Å². The molecule has 2 saturated heterocycles. The summed E-state index contributed by atoms with van der Waals surface area (Å²) in [5.74, 6) is 1.79. The number of nitrogens with zero attached hydrogens (tertiary/aromatic N) is 4. The first-order chi connectivity index (χ1) is 28.3. The monoisotopic (exact) mass is 788 g/mol. The number of piperidine rings is 1. The Hall–Kier alpha value is -5.88. The molecule has 5 aromatic rings. The molecular formula is C46H49FN4O7. The SMILES string of the molecule is COc1ccc(C(=O)N2CCC(CCN3CCC(C(=O)c4nc5ccccc5n4Cc4ccc(F)cc4)CC3)(C3=COC(Cc4ccccc4)O3)C2)c(OC)c1OC. The van der Waals surface area contributed by atoms with Crippen LogP contribution >= 0.6 is 0 Å². The number of ether oxygens (including phenoxy) is 5. The van der Waals surface area contributed by atoms with E-state index in [0.717, 1.165) is 54.0 Å². The van der Waals surface area contributed by atoms with Gasteiger partial charge in [-0.1, -0.05) is 54.6 Å². The van der Waals surface area contributed by atoms with E-state index in [2.05, 4.69) is 17.0 Å². The van der Waals surface area contributed by atoms with Crippen LogP contribution in [0.1, 0.15) is 57.8 Å². The van der Waals surface area contributed by atoms with Gasteiger partial charge in [-0.25, -0.2) is 9.37 Å². The molecular weight excluding hydrogens is 740 g/mol. The number of hydrogen-bond donors (Lipinski definition) is 0. The first-order valence-electron chi connectivity index (χ1n) is 19.9. The molecule has 0 bridgehead atoms. The Kier molecular flexibility index (Phi) is 11.4. The molecule has 4 heterocycles. The Labute approximate surface area is 337 Å². The van der Waals surface area contributed by atoms with Gasteiger partial charge in [0.15, 0.2) is 17.3 Å². The summed E-state index contributed by atoms with van der Waals surface area (Å²) in [5.41, 5.74) is 3.57. The van der Waals surface area contributed by atoms with Gasteiger partial charge in [-0.05, 0) is 92.8 Å². The summed E-state index contributed by atoms with van der Waals surface area (Å²) in [6.07, 6.45) is 4.73. The van der Waals surface area contributed by atoms with Crippen molar-refractivity contribution in [1.29, 1.82) is 0 Å². The summed E-state index contributed by atoms with van der Waals surface area (Å²) in [6, 6.07) is 27.7. The van der Waals surface area contributed by atoms with E-state index in [9.17, 15) is 14.0 Å². The number of ketones is 1. The number of benzene rings is 4. The average molecular weight is 789 g/mol. The number of para-hydroxylation sites is 2. The van der Waals surface area contributed by atoms with Crippen molar-refractivity contribution in [2.24, 2.45) is 11.3 Å². The lowest BCUT2D eigenvalue weighted by atomic mass is 9.81. The Morgan fingerprint density at radius 2 is 1.59 bits per heavy atom. The van der Waals surface area contributed by atoms with Crippen LogP contribution in [-0.4, -0.2) is 91.4 Å². The van der Waals surface area contributed by atoms with Gasteiger partial charge >= 0.3 is 0 Å². The fourth-order valence-electron chi connectivity index (χ4n) is 8.66. The lowest BCUT2D eigenvalue weighted by Crippen LogP contribution is -2.41. The number of rotatable bonds is 14. The first kappa shape index (κ1) is 39.0. The van der Waals surface area contributed by atoms with Crippen LogP contribution in [0.5, 0.6) is 17.2 Å². The highest BCUT2D eigenvalue weighted by Gasteiger charge is 2.47. The van der Waals surface area contributed by atoms with Crippen LogP contribution in [0.2, 0.25) is 0 Å². The van der Waals surface area contributed by atoms with Crippen LogP contribution in [0.3, 0.4) is 0 Å². The van der Waals surface area contributed by atoms with Crippen LogP contribution < -0.4 is 14.2 Å². The number of amides is 1. The zero-order chi connectivity index (χ0) is 40.2. The van der Waals surface area contributed by atoms with E-state index in [1.807, 2.05) is 51.9 Å². The summed E-state index contributed by atoms with van der Waals surface area (Å²) in [5, 5.41) is 0. The summed E-state index contributed by atoms with van der Waals surface area (Å²) in [7, 11) is 4.59. The number of fused-ring (bicyclic) bond motifs is 1. The van der Waals surface area contributed by atoms with E-state index in [0.29, 0.717) is 74.0 Å². The summed E-state index contributed by atoms with van der Waals surface area (Å²) >= 11 is 0. The molecule has 302 valence electrons. The molecule has 58 heavy (non-hydrogen) atoms. The molecule has 0 aliphatic carbocycles. The highest BCUT2D eigenvalue weighted by molar-refractivity contribution is 5.99. The number of hydrogen-bond acceptors (Lipinski definition) is 9. The van der Waals surface area contributed by atoms with Gasteiger partial charge in [-0.3, -0.25) is 9.59 Å². The molecule has 3 aliphatic heterocycles. The van der Waals surface area contributed by atoms with Crippen LogP contribution in [0.15, 0.2) is 103 Å². The Morgan fingerprint density at radius 1 is 0.845 bits per heavy atom. The van der Waals surface area contributed by atoms with Gasteiger partial charge in [0.1, 0.15) is 17.8 Å². The van der Waals surface area contributed by atoms with Gasteiger partial charge in [0, 0.05) is 32.0 Å². The first-order valence-corrected chi connectivity index (χ1v) is 19.9. The minimum Gasteiger partial charge on any atom is -0.493 e. The standard InChI is InChI=1S/C46H49FN4O7/c1-54-38-18-17-35(42(55-2)43(38)56-3)45(53)50-26-22-46(30-50,39-29-57-40(58-39)27-31-9-5-4-6-10-31)21-25-49-23-19-33(20-24-49)41(52)44-48-36-11-7-8-12-37(36)51(44)28-32-13-15-34(47)16-14-32/h4-18,29,33,40H,19-28,30H2,1-3H3. The molecule has 0 radical (unpaired) electrons. The molecule has 2 fully saturated rings. The third-order valence-corrected chi connectivity index (χ3v) is 11.9. The third kappa shape index (κ3) is 7.85. The number of aromatic nitrogens is 2. The highest BCUT2D eigenvalue weighted by Crippen LogP contribution is 2.46. The number of carbonyl (C=O) groups is 2. The summed E-state index contributed by atoms with van der Waals surface area (Å²) in [4.78, 5) is 37.5. The number of halogens is 1. The van der Waals surface area contributed by atoms with E-state index in [-0.39, 0.29) is 23.4 Å². The number of methoxy groups -OCH3 is 3. The molecule has 12 heteroatoms. The lowest BCUT2D eigenvalue weighted by Gasteiger charge is -2.35. The van der Waals surface area contributed by atoms with Crippen molar-refractivity contribution in [1.82, 2.24) is 19.4 Å². The van der Waals surface area contributed by atoms with Crippen molar-refractivity contribution in [2.45, 2.75) is 44.9 Å².